The van der Waals surface area contributed by atoms with E-state index in [1.54, 1.807) is 37.5 Å². The fourth-order valence-electron chi connectivity index (χ4n) is 1.90. The molecule has 6 nitrogen and oxygen atoms in total. The molecule has 0 bridgehead atoms. The highest BCUT2D eigenvalue weighted by atomic mass is 16.6. The lowest BCUT2D eigenvalue weighted by Crippen LogP contribution is -2.42. The normalized spacial score (nSPS) is 17.4. The van der Waals surface area contributed by atoms with Crippen LogP contribution in [-0.2, 0) is 4.79 Å². The summed E-state index contributed by atoms with van der Waals surface area (Å²) in [6, 6.07) is 10.7. The first-order chi connectivity index (χ1) is 10.2. The van der Waals surface area contributed by atoms with Crippen molar-refractivity contribution in [3.05, 3.63) is 48.4 Å². The van der Waals surface area contributed by atoms with Crippen molar-refractivity contribution in [2.75, 3.05) is 6.61 Å². The van der Waals surface area contributed by atoms with Gasteiger partial charge in [0.15, 0.2) is 11.5 Å². The molecular weight excluding hydrogens is 272 g/mol. The molecule has 1 N–H and O–H groups in total. The molecule has 0 saturated carbocycles. The van der Waals surface area contributed by atoms with E-state index in [1.807, 2.05) is 12.1 Å². The monoisotopic (exact) mass is 286 g/mol. The van der Waals surface area contributed by atoms with Gasteiger partial charge >= 0.3 is 0 Å². The highest BCUT2D eigenvalue weighted by molar-refractivity contribution is 5.97. The Kier molecular flexibility index (Phi) is 3.59. The SMILES string of the molecule is C/C(=N/NC(=O)C1COc2ccccc2O1)c1ccco1. The van der Waals surface area contributed by atoms with Crippen LogP contribution in [0.5, 0.6) is 11.5 Å². The number of hydrazone groups is 1. The van der Waals surface area contributed by atoms with E-state index >= 15 is 0 Å². The van der Waals surface area contributed by atoms with Gasteiger partial charge in [-0.25, -0.2) is 5.43 Å². The van der Waals surface area contributed by atoms with Crippen LogP contribution in [0.3, 0.4) is 0 Å². The van der Waals surface area contributed by atoms with Gasteiger partial charge in [0.1, 0.15) is 18.1 Å². The summed E-state index contributed by atoms with van der Waals surface area (Å²) in [7, 11) is 0. The predicted octanol–water partition coefficient (Wildman–Crippen LogP) is 1.96. The smallest absolute Gasteiger partial charge is 0.284 e. The number of fused-ring (bicyclic) bond motifs is 1. The van der Waals surface area contributed by atoms with E-state index in [2.05, 4.69) is 10.5 Å². The number of carbonyl (C=O) groups excluding carboxylic acids is 1. The van der Waals surface area contributed by atoms with Crippen molar-refractivity contribution in [3.8, 4) is 11.5 Å². The minimum atomic E-state index is -0.729. The van der Waals surface area contributed by atoms with Crippen molar-refractivity contribution in [1.29, 1.82) is 0 Å². The molecule has 6 heteroatoms. The van der Waals surface area contributed by atoms with E-state index in [9.17, 15) is 4.79 Å². The summed E-state index contributed by atoms with van der Waals surface area (Å²) in [5.74, 6) is 1.42. The third kappa shape index (κ3) is 2.89. The number of carbonyl (C=O) groups is 1. The maximum Gasteiger partial charge on any atom is 0.284 e. The molecule has 2 aromatic rings. The molecule has 1 amide bonds. The Bertz CT molecular complexity index is 664. The highest BCUT2D eigenvalue weighted by Gasteiger charge is 2.27. The Morgan fingerprint density at radius 3 is 2.81 bits per heavy atom. The molecule has 1 aromatic carbocycles. The van der Waals surface area contributed by atoms with Gasteiger partial charge in [-0.3, -0.25) is 4.79 Å². The Balaban J connectivity index is 1.63. The molecule has 0 fully saturated rings. The molecule has 0 saturated heterocycles. The number of rotatable bonds is 3. The first-order valence-electron chi connectivity index (χ1n) is 6.50. The Labute approximate surface area is 121 Å². The minimum Gasteiger partial charge on any atom is -0.485 e. The first kappa shape index (κ1) is 13.2. The molecule has 0 aliphatic carbocycles. The lowest BCUT2D eigenvalue weighted by molar-refractivity contribution is -0.130. The molecule has 1 unspecified atom stereocenters. The lowest BCUT2D eigenvalue weighted by Gasteiger charge is -2.24. The van der Waals surface area contributed by atoms with Gasteiger partial charge in [-0.2, -0.15) is 5.10 Å². The van der Waals surface area contributed by atoms with E-state index in [0.29, 0.717) is 23.0 Å². The summed E-state index contributed by atoms with van der Waals surface area (Å²) in [6.45, 7) is 1.89. The number of nitrogens with one attached hydrogen (secondary N) is 1. The average Bonchev–Trinajstić information content (AvgIpc) is 3.06. The number of hydrogen-bond donors (Lipinski definition) is 1. The number of para-hydroxylation sites is 2. The van der Waals surface area contributed by atoms with Crippen LogP contribution in [0.15, 0.2) is 52.2 Å². The van der Waals surface area contributed by atoms with Gasteiger partial charge in [0.05, 0.1) is 6.26 Å². The van der Waals surface area contributed by atoms with Gasteiger partial charge in [-0.05, 0) is 31.2 Å². The average molecular weight is 286 g/mol. The van der Waals surface area contributed by atoms with Crippen LogP contribution in [0.1, 0.15) is 12.7 Å². The third-order valence-electron chi connectivity index (χ3n) is 3.01. The number of benzene rings is 1. The number of furan rings is 1. The number of ether oxygens (including phenoxy) is 2. The van der Waals surface area contributed by atoms with Crippen LogP contribution in [-0.4, -0.2) is 24.3 Å². The molecule has 1 aliphatic heterocycles. The first-order valence-corrected chi connectivity index (χ1v) is 6.50. The van der Waals surface area contributed by atoms with Gasteiger partial charge in [0.2, 0.25) is 6.10 Å². The van der Waals surface area contributed by atoms with Crippen molar-refractivity contribution < 1.29 is 18.7 Å². The van der Waals surface area contributed by atoms with Gasteiger partial charge < -0.3 is 13.9 Å². The molecule has 2 heterocycles. The Morgan fingerprint density at radius 2 is 2.05 bits per heavy atom. The van der Waals surface area contributed by atoms with E-state index in [-0.39, 0.29) is 12.5 Å². The number of amides is 1. The summed E-state index contributed by atoms with van der Waals surface area (Å²) < 4.78 is 16.3. The molecule has 0 spiro atoms. The fourth-order valence-corrected chi connectivity index (χ4v) is 1.90. The second-order valence-electron chi connectivity index (χ2n) is 4.51. The molecule has 1 atom stereocenters. The van der Waals surface area contributed by atoms with E-state index in [4.69, 9.17) is 13.9 Å². The van der Waals surface area contributed by atoms with E-state index < -0.39 is 6.10 Å². The van der Waals surface area contributed by atoms with Gasteiger partial charge in [-0.15, -0.1) is 0 Å². The van der Waals surface area contributed by atoms with Crippen LogP contribution >= 0.6 is 0 Å². The number of hydrogen-bond acceptors (Lipinski definition) is 5. The van der Waals surface area contributed by atoms with Crippen molar-refractivity contribution in [3.63, 3.8) is 0 Å². The summed E-state index contributed by atoms with van der Waals surface area (Å²) in [5.41, 5.74) is 3.03. The Hall–Kier alpha value is -2.76. The topological polar surface area (TPSA) is 73.1 Å². The summed E-state index contributed by atoms with van der Waals surface area (Å²) in [4.78, 5) is 12.0. The second-order valence-corrected chi connectivity index (χ2v) is 4.51. The van der Waals surface area contributed by atoms with Gasteiger partial charge in [-0.1, -0.05) is 12.1 Å². The fraction of sp³-hybridized carbons (Fsp3) is 0.200. The van der Waals surface area contributed by atoms with Crippen molar-refractivity contribution in [1.82, 2.24) is 5.43 Å². The lowest BCUT2D eigenvalue weighted by atomic mass is 10.2. The van der Waals surface area contributed by atoms with Crippen LogP contribution < -0.4 is 14.9 Å². The molecule has 1 aliphatic rings. The maximum atomic E-state index is 12.0. The molecule has 108 valence electrons. The van der Waals surface area contributed by atoms with Gasteiger partial charge in [0, 0.05) is 0 Å². The van der Waals surface area contributed by atoms with Crippen LogP contribution in [0, 0.1) is 0 Å². The van der Waals surface area contributed by atoms with Crippen LogP contribution in [0.2, 0.25) is 0 Å². The summed E-state index contributed by atoms with van der Waals surface area (Å²) >= 11 is 0. The zero-order chi connectivity index (χ0) is 14.7. The number of nitrogens with zero attached hydrogens (tertiary/aromatic N) is 1. The van der Waals surface area contributed by atoms with Crippen molar-refractivity contribution >= 4 is 11.6 Å². The standard InChI is InChI=1S/C15H14N2O4/c1-10(11-7-4-8-19-11)16-17-15(18)14-9-20-12-5-2-3-6-13(12)21-14/h2-8,14H,9H2,1H3,(H,17,18)/b16-10-. The molecule has 0 radical (unpaired) electrons. The molecule has 1 aromatic heterocycles. The third-order valence-corrected chi connectivity index (χ3v) is 3.01. The highest BCUT2D eigenvalue weighted by Crippen LogP contribution is 2.30. The van der Waals surface area contributed by atoms with Crippen molar-refractivity contribution in [2.24, 2.45) is 5.10 Å². The second kappa shape index (κ2) is 5.70. The summed E-state index contributed by atoms with van der Waals surface area (Å²) in [6.07, 6.45) is 0.818. The Morgan fingerprint density at radius 1 is 1.24 bits per heavy atom. The van der Waals surface area contributed by atoms with Crippen molar-refractivity contribution in [2.45, 2.75) is 13.0 Å². The molecule has 21 heavy (non-hydrogen) atoms. The predicted molar refractivity (Wildman–Crippen MR) is 75.4 cm³/mol. The van der Waals surface area contributed by atoms with E-state index in [1.165, 1.54) is 0 Å². The maximum absolute atomic E-state index is 12.0. The van der Waals surface area contributed by atoms with Crippen LogP contribution in [0.4, 0.5) is 0 Å². The van der Waals surface area contributed by atoms with Gasteiger partial charge in [0.25, 0.3) is 5.91 Å². The summed E-state index contributed by atoms with van der Waals surface area (Å²) in [5, 5.41) is 3.99. The van der Waals surface area contributed by atoms with E-state index in [0.717, 1.165) is 0 Å². The molecule has 3 rings (SSSR count). The molecular formula is C15H14N2O4. The zero-order valence-electron chi connectivity index (χ0n) is 11.4. The largest absolute Gasteiger partial charge is 0.485 e. The quantitative estimate of drug-likeness (QED) is 0.691. The zero-order valence-corrected chi connectivity index (χ0v) is 11.4. The van der Waals surface area contributed by atoms with Crippen LogP contribution in [0.25, 0.3) is 0 Å². The minimum absolute atomic E-state index is 0.151.